The van der Waals surface area contributed by atoms with Crippen LogP contribution in [0.4, 0.5) is 0 Å². The molecule has 0 saturated carbocycles. The fourth-order valence-electron chi connectivity index (χ4n) is 2.48. The Balaban J connectivity index is 0.00000180. The summed E-state index contributed by atoms with van der Waals surface area (Å²) in [6.45, 7) is 5.25. The topological polar surface area (TPSA) is 41.1 Å². The van der Waals surface area contributed by atoms with E-state index in [4.69, 9.17) is 0 Å². The molecule has 1 saturated heterocycles. The Morgan fingerprint density at radius 3 is 2.84 bits per heavy atom. The lowest BCUT2D eigenvalue weighted by molar-refractivity contribution is -0.121. The number of aryl methyl sites for hydroxylation is 1. The fourth-order valence-corrected chi connectivity index (χ4v) is 2.48. The summed E-state index contributed by atoms with van der Waals surface area (Å²) in [5.41, 5.74) is 2.30. The normalized spacial score (nSPS) is 22.4. The van der Waals surface area contributed by atoms with E-state index in [9.17, 15) is 4.79 Å². The molecule has 2 unspecified atom stereocenters. The number of carbonyl (C=O) groups excluding carboxylic acids is 1. The van der Waals surface area contributed by atoms with E-state index in [0.717, 1.165) is 24.9 Å². The van der Waals surface area contributed by atoms with Crippen molar-refractivity contribution in [1.82, 2.24) is 10.6 Å². The highest BCUT2D eigenvalue weighted by atomic mass is 35.5. The molecule has 1 amide bonds. The second-order valence-electron chi connectivity index (χ2n) is 5.16. The lowest BCUT2D eigenvalue weighted by Crippen LogP contribution is -2.52. The fraction of sp³-hybridized carbons (Fsp3) is 0.533. The number of piperidine rings is 1. The maximum Gasteiger partial charge on any atom is 0.224 e. The van der Waals surface area contributed by atoms with Gasteiger partial charge in [-0.2, -0.15) is 0 Å². The van der Waals surface area contributed by atoms with Crippen LogP contribution in [0.1, 0.15) is 30.9 Å². The quantitative estimate of drug-likeness (QED) is 0.893. The SMILES string of the molecule is Cc1ccccc1CC(=O)NC1CCCNC1C.Cl. The van der Waals surface area contributed by atoms with E-state index in [1.165, 1.54) is 5.56 Å². The van der Waals surface area contributed by atoms with Crippen LogP contribution < -0.4 is 10.6 Å². The number of benzene rings is 1. The van der Waals surface area contributed by atoms with Gasteiger partial charge in [-0.1, -0.05) is 24.3 Å². The number of amides is 1. The molecule has 1 aliphatic heterocycles. The molecule has 19 heavy (non-hydrogen) atoms. The first-order valence-electron chi connectivity index (χ1n) is 6.74. The molecule has 106 valence electrons. The van der Waals surface area contributed by atoms with Gasteiger partial charge in [-0.3, -0.25) is 4.79 Å². The van der Waals surface area contributed by atoms with Crippen LogP contribution in [0.2, 0.25) is 0 Å². The molecule has 1 heterocycles. The highest BCUT2D eigenvalue weighted by Gasteiger charge is 2.22. The molecule has 1 aromatic rings. The predicted octanol–water partition coefficient (Wildman–Crippen LogP) is 2.22. The van der Waals surface area contributed by atoms with E-state index < -0.39 is 0 Å². The molecule has 0 aliphatic carbocycles. The minimum atomic E-state index is 0. The minimum Gasteiger partial charge on any atom is -0.352 e. The summed E-state index contributed by atoms with van der Waals surface area (Å²) in [5.74, 6) is 0.129. The van der Waals surface area contributed by atoms with Crippen LogP contribution in [0.3, 0.4) is 0 Å². The first-order chi connectivity index (χ1) is 8.66. The van der Waals surface area contributed by atoms with Crippen molar-refractivity contribution in [3.8, 4) is 0 Å². The van der Waals surface area contributed by atoms with Crippen LogP contribution in [0.25, 0.3) is 0 Å². The molecule has 2 atom stereocenters. The van der Waals surface area contributed by atoms with Gasteiger partial charge in [-0.25, -0.2) is 0 Å². The van der Waals surface area contributed by atoms with E-state index in [-0.39, 0.29) is 24.4 Å². The van der Waals surface area contributed by atoms with Crippen molar-refractivity contribution in [2.75, 3.05) is 6.54 Å². The van der Waals surface area contributed by atoms with Crippen molar-refractivity contribution < 1.29 is 4.79 Å². The van der Waals surface area contributed by atoms with Gasteiger partial charge in [0.15, 0.2) is 0 Å². The van der Waals surface area contributed by atoms with Gasteiger partial charge in [0.05, 0.1) is 6.42 Å². The van der Waals surface area contributed by atoms with Gasteiger partial charge >= 0.3 is 0 Å². The molecule has 0 bridgehead atoms. The van der Waals surface area contributed by atoms with Gasteiger partial charge in [0, 0.05) is 12.1 Å². The van der Waals surface area contributed by atoms with E-state index in [1.807, 2.05) is 31.2 Å². The second kappa shape index (κ2) is 7.51. The summed E-state index contributed by atoms with van der Waals surface area (Å²) in [4.78, 5) is 12.0. The number of nitrogens with one attached hydrogen (secondary N) is 2. The maximum atomic E-state index is 12.0. The Morgan fingerprint density at radius 1 is 1.42 bits per heavy atom. The number of halogens is 1. The second-order valence-corrected chi connectivity index (χ2v) is 5.16. The predicted molar refractivity (Wildman–Crippen MR) is 80.8 cm³/mol. The lowest BCUT2D eigenvalue weighted by atomic mass is 9.99. The molecule has 1 aliphatic rings. The zero-order valence-electron chi connectivity index (χ0n) is 11.6. The first-order valence-corrected chi connectivity index (χ1v) is 6.74. The molecular weight excluding hydrogens is 260 g/mol. The van der Waals surface area contributed by atoms with Crippen LogP contribution in [0, 0.1) is 6.92 Å². The van der Waals surface area contributed by atoms with Crippen LogP contribution >= 0.6 is 12.4 Å². The molecule has 0 spiro atoms. The standard InChI is InChI=1S/C15H22N2O.ClH/c1-11-6-3-4-7-13(11)10-15(18)17-14-8-5-9-16-12(14)2;/h3-4,6-7,12,14,16H,5,8-10H2,1-2H3,(H,17,18);1H. The summed E-state index contributed by atoms with van der Waals surface area (Å²) in [6, 6.07) is 8.71. The van der Waals surface area contributed by atoms with Gasteiger partial charge in [0.1, 0.15) is 0 Å². The monoisotopic (exact) mass is 282 g/mol. The van der Waals surface area contributed by atoms with E-state index in [1.54, 1.807) is 0 Å². The Morgan fingerprint density at radius 2 is 2.16 bits per heavy atom. The third-order valence-corrected chi connectivity index (χ3v) is 3.72. The van der Waals surface area contributed by atoms with E-state index >= 15 is 0 Å². The van der Waals surface area contributed by atoms with Crippen molar-refractivity contribution >= 4 is 18.3 Å². The maximum absolute atomic E-state index is 12.0. The average molecular weight is 283 g/mol. The van der Waals surface area contributed by atoms with Gasteiger partial charge in [0.25, 0.3) is 0 Å². The van der Waals surface area contributed by atoms with Gasteiger partial charge in [-0.05, 0) is 44.4 Å². The Kier molecular flexibility index (Phi) is 6.32. The molecule has 0 aromatic heterocycles. The third kappa shape index (κ3) is 4.51. The highest BCUT2D eigenvalue weighted by Crippen LogP contribution is 2.10. The van der Waals surface area contributed by atoms with Crippen molar-refractivity contribution in [1.29, 1.82) is 0 Å². The van der Waals surface area contributed by atoms with Crippen LogP contribution in [-0.2, 0) is 11.2 Å². The molecular formula is C15H23ClN2O. The largest absolute Gasteiger partial charge is 0.352 e. The number of hydrogen-bond donors (Lipinski definition) is 2. The summed E-state index contributed by atoms with van der Waals surface area (Å²) in [5, 5.41) is 6.54. The van der Waals surface area contributed by atoms with Crippen LogP contribution in [0.15, 0.2) is 24.3 Å². The van der Waals surface area contributed by atoms with E-state index in [0.29, 0.717) is 12.5 Å². The summed E-state index contributed by atoms with van der Waals surface area (Å²) in [7, 11) is 0. The van der Waals surface area contributed by atoms with Gasteiger partial charge < -0.3 is 10.6 Å². The number of carbonyl (C=O) groups is 1. The Bertz CT molecular complexity index is 422. The molecule has 3 nitrogen and oxygen atoms in total. The van der Waals surface area contributed by atoms with Crippen molar-refractivity contribution in [3.05, 3.63) is 35.4 Å². The number of hydrogen-bond acceptors (Lipinski definition) is 2. The molecule has 1 aromatic carbocycles. The first kappa shape index (κ1) is 16.0. The lowest BCUT2D eigenvalue weighted by Gasteiger charge is -2.30. The molecule has 1 fully saturated rings. The van der Waals surface area contributed by atoms with Crippen LogP contribution in [0.5, 0.6) is 0 Å². The molecule has 2 rings (SSSR count). The van der Waals surface area contributed by atoms with Crippen LogP contribution in [-0.4, -0.2) is 24.5 Å². The zero-order chi connectivity index (χ0) is 13.0. The van der Waals surface area contributed by atoms with Crippen molar-refractivity contribution in [2.45, 2.75) is 45.2 Å². The third-order valence-electron chi connectivity index (χ3n) is 3.72. The summed E-state index contributed by atoms with van der Waals surface area (Å²) >= 11 is 0. The van der Waals surface area contributed by atoms with Gasteiger partial charge in [-0.15, -0.1) is 12.4 Å². The minimum absolute atomic E-state index is 0. The summed E-state index contributed by atoms with van der Waals surface area (Å²) < 4.78 is 0. The van der Waals surface area contributed by atoms with Crippen molar-refractivity contribution in [3.63, 3.8) is 0 Å². The Labute approximate surface area is 121 Å². The highest BCUT2D eigenvalue weighted by molar-refractivity contribution is 5.85. The van der Waals surface area contributed by atoms with Crippen molar-refractivity contribution in [2.24, 2.45) is 0 Å². The Hall–Kier alpha value is -1.06. The van der Waals surface area contributed by atoms with Gasteiger partial charge in [0.2, 0.25) is 5.91 Å². The summed E-state index contributed by atoms with van der Waals surface area (Å²) in [6.07, 6.45) is 2.70. The van der Waals surface area contributed by atoms with E-state index in [2.05, 4.69) is 17.6 Å². The molecule has 2 N–H and O–H groups in total. The smallest absolute Gasteiger partial charge is 0.224 e. The molecule has 4 heteroatoms. The average Bonchev–Trinajstić information content (AvgIpc) is 2.35. The zero-order valence-corrected chi connectivity index (χ0v) is 12.4. The molecule has 0 radical (unpaired) electrons. The number of rotatable bonds is 3.